The van der Waals surface area contributed by atoms with Gasteiger partial charge in [0.1, 0.15) is 22.4 Å². The first-order valence-electron chi connectivity index (χ1n) is 11.5. The van der Waals surface area contributed by atoms with Crippen molar-refractivity contribution in [2.24, 2.45) is 0 Å². The molecule has 3 heterocycles. The Hall–Kier alpha value is -2.83. The highest BCUT2D eigenvalue weighted by molar-refractivity contribution is 7.84. The molecule has 2 atom stereocenters. The van der Waals surface area contributed by atoms with Crippen LogP contribution in [0.1, 0.15) is 41.1 Å². The number of anilines is 1. The smallest absolute Gasteiger partial charge is 0.270 e. The molecule has 3 rings (SSSR count). The van der Waals surface area contributed by atoms with Gasteiger partial charge in [0, 0.05) is 45.8 Å². The van der Waals surface area contributed by atoms with Crippen LogP contribution in [0.2, 0.25) is 0 Å². The number of hydrogen-bond acceptors (Lipinski definition) is 6. The van der Waals surface area contributed by atoms with Gasteiger partial charge < -0.3 is 10.6 Å². The van der Waals surface area contributed by atoms with E-state index in [1.807, 2.05) is 0 Å². The van der Waals surface area contributed by atoms with Crippen molar-refractivity contribution in [3.8, 4) is 11.1 Å². The fourth-order valence-electron chi connectivity index (χ4n) is 3.75. The van der Waals surface area contributed by atoms with E-state index in [2.05, 4.69) is 30.9 Å². The standard InChI is InChI=1S/C23H28Cl2FN7O3S/c1-13-20(14(2)32-31-13)15-7-8-19(29-21(15)26)30-22(34)16(5-4-6-18(24)25)28-23(35)17-9-10-27-33(17)11-12-37(3)36/h7-10,16,18H,4-6,11-12H2,1-3H3,(H,28,35)(H,31,32)(H,29,30,34)/t16-,37?/m0/s1. The van der Waals surface area contributed by atoms with Crippen molar-refractivity contribution < 1.29 is 18.2 Å². The maximum atomic E-state index is 14.9. The Balaban J connectivity index is 1.75. The topological polar surface area (TPSA) is 135 Å². The second kappa shape index (κ2) is 13.1. The van der Waals surface area contributed by atoms with E-state index in [1.54, 1.807) is 20.1 Å². The molecule has 0 fully saturated rings. The SMILES string of the molecule is Cc1n[nH]c(C)c1-c1ccc(NC(=O)[C@H](CCCC(Cl)Cl)NC(=O)c2ccnn2CCS(C)=O)nc1F. The first-order valence-corrected chi connectivity index (χ1v) is 14.1. The highest BCUT2D eigenvalue weighted by Crippen LogP contribution is 2.28. The van der Waals surface area contributed by atoms with E-state index < -0.39 is 39.4 Å². The van der Waals surface area contributed by atoms with E-state index in [9.17, 15) is 18.2 Å². The summed E-state index contributed by atoms with van der Waals surface area (Å²) in [5.74, 6) is -1.56. The zero-order valence-electron chi connectivity index (χ0n) is 20.6. The molecule has 0 saturated carbocycles. The third kappa shape index (κ3) is 7.83. The lowest BCUT2D eigenvalue weighted by Crippen LogP contribution is -2.44. The summed E-state index contributed by atoms with van der Waals surface area (Å²) in [6.45, 7) is 3.81. The van der Waals surface area contributed by atoms with Crippen LogP contribution in [0, 0.1) is 19.8 Å². The lowest BCUT2D eigenvalue weighted by atomic mass is 10.1. The average molecular weight is 572 g/mol. The number of halogens is 3. The number of H-pyrrole nitrogens is 1. The summed E-state index contributed by atoms with van der Waals surface area (Å²) >= 11 is 11.6. The van der Waals surface area contributed by atoms with Gasteiger partial charge in [-0.3, -0.25) is 23.6 Å². The third-order valence-electron chi connectivity index (χ3n) is 5.57. The van der Waals surface area contributed by atoms with Crippen LogP contribution in [0.4, 0.5) is 10.2 Å². The summed E-state index contributed by atoms with van der Waals surface area (Å²) in [5.41, 5.74) is 2.39. The molecule has 0 aromatic carbocycles. The second-order valence-corrected chi connectivity index (χ2v) is 11.2. The van der Waals surface area contributed by atoms with Crippen LogP contribution in [-0.4, -0.2) is 63.9 Å². The van der Waals surface area contributed by atoms with Gasteiger partial charge in [-0.25, -0.2) is 4.98 Å². The number of nitrogens with zero attached hydrogens (tertiary/aromatic N) is 4. The Kier molecular flexibility index (Phi) is 10.2. The van der Waals surface area contributed by atoms with Crippen LogP contribution in [-0.2, 0) is 22.1 Å². The largest absolute Gasteiger partial charge is 0.339 e. The molecule has 200 valence electrons. The van der Waals surface area contributed by atoms with Crippen LogP contribution >= 0.6 is 23.2 Å². The lowest BCUT2D eigenvalue weighted by Gasteiger charge is -2.19. The first-order chi connectivity index (χ1) is 17.6. The number of aromatic nitrogens is 5. The molecule has 3 N–H and O–H groups in total. The highest BCUT2D eigenvalue weighted by Gasteiger charge is 2.24. The predicted molar refractivity (Wildman–Crippen MR) is 142 cm³/mol. The molecule has 3 aromatic heterocycles. The molecule has 0 saturated heterocycles. The van der Waals surface area contributed by atoms with Crippen LogP contribution in [0.5, 0.6) is 0 Å². The molecular formula is C23H28Cl2FN7O3S. The third-order valence-corrected chi connectivity index (χ3v) is 6.77. The Morgan fingerprint density at radius 2 is 1.97 bits per heavy atom. The summed E-state index contributed by atoms with van der Waals surface area (Å²) in [5, 5.41) is 16.2. The summed E-state index contributed by atoms with van der Waals surface area (Å²) in [4.78, 5) is 29.3. The van der Waals surface area contributed by atoms with Crippen LogP contribution in [0.15, 0.2) is 24.4 Å². The van der Waals surface area contributed by atoms with Crippen LogP contribution in [0.3, 0.4) is 0 Å². The van der Waals surface area contributed by atoms with Gasteiger partial charge in [-0.2, -0.15) is 14.6 Å². The number of aryl methyl sites for hydroxylation is 3. The molecule has 14 heteroatoms. The van der Waals surface area contributed by atoms with Crippen molar-refractivity contribution in [3.63, 3.8) is 0 Å². The fraction of sp³-hybridized carbons (Fsp3) is 0.435. The Morgan fingerprint density at radius 1 is 1.22 bits per heavy atom. The van der Waals surface area contributed by atoms with Crippen molar-refractivity contribution in [3.05, 3.63) is 47.4 Å². The summed E-state index contributed by atoms with van der Waals surface area (Å²) in [6.07, 6.45) is 4.10. The first kappa shape index (κ1) is 28.7. The predicted octanol–water partition coefficient (Wildman–Crippen LogP) is 3.51. The van der Waals surface area contributed by atoms with E-state index in [0.29, 0.717) is 35.5 Å². The fourth-order valence-corrected chi connectivity index (χ4v) is 4.49. The zero-order chi connectivity index (χ0) is 27.1. The Morgan fingerprint density at radius 3 is 2.59 bits per heavy atom. The van der Waals surface area contributed by atoms with Crippen molar-refractivity contribution in [2.75, 3.05) is 17.3 Å². The van der Waals surface area contributed by atoms with Gasteiger partial charge in [0.25, 0.3) is 5.91 Å². The number of rotatable bonds is 12. The average Bonchev–Trinajstić information content (AvgIpc) is 3.43. The molecular weight excluding hydrogens is 544 g/mol. The summed E-state index contributed by atoms with van der Waals surface area (Å²) in [6, 6.07) is 3.52. The molecule has 37 heavy (non-hydrogen) atoms. The second-order valence-electron chi connectivity index (χ2n) is 8.40. The van der Waals surface area contributed by atoms with Crippen LogP contribution < -0.4 is 10.6 Å². The lowest BCUT2D eigenvalue weighted by molar-refractivity contribution is -0.118. The van der Waals surface area contributed by atoms with E-state index in [-0.39, 0.29) is 30.0 Å². The molecule has 1 unspecified atom stereocenters. The molecule has 0 spiro atoms. The van der Waals surface area contributed by atoms with Crippen molar-refractivity contribution in [1.29, 1.82) is 0 Å². The minimum absolute atomic E-state index is 0.00710. The van der Waals surface area contributed by atoms with Gasteiger partial charge >= 0.3 is 0 Å². The number of carbonyl (C=O) groups is 2. The number of alkyl halides is 2. The van der Waals surface area contributed by atoms with Crippen LogP contribution in [0.25, 0.3) is 11.1 Å². The number of nitrogens with one attached hydrogen (secondary N) is 3. The minimum Gasteiger partial charge on any atom is -0.339 e. The molecule has 0 radical (unpaired) electrons. The molecule has 0 aliphatic carbocycles. The molecule has 2 amide bonds. The molecule has 0 aliphatic heterocycles. The maximum Gasteiger partial charge on any atom is 0.270 e. The number of pyridine rings is 1. The molecule has 10 nitrogen and oxygen atoms in total. The quantitative estimate of drug-likeness (QED) is 0.225. The van der Waals surface area contributed by atoms with E-state index in [0.717, 1.165) is 0 Å². The maximum absolute atomic E-state index is 14.9. The molecule has 3 aromatic rings. The van der Waals surface area contributed by atoms with E-state index >= 15 is 0 Å². The number of aromatic amines is 1. The Labute approximate surface area is 226 Å². The van der Waals surface area contributed by atoms with Gasteiger partial charge in [0.15, 0.2) is 0 Å². The van der Waals surface area contributed by atoms with Crippen molar-refractivity contribution in [1.82, 2.24) is 30.3 Å². The van der Waals surface area contributed by atoms with Gasteiger partial charge in [-0.05, 0) is 51.3 Å². The number of hydrogen-bond donors (Lipinski definition) is 3. The van der Waals surface area contributed by atoms with Gasteiger partial charge in [0.2, 0.25) is 11.9 Å². The molecule has 0 aliphatic rings. The number of amides is 2. The van der Waals surface area contributed by atoms with Gasteiger partial charge in [-0.15, -0.1) is 23.2 Å². The van der Waals surface area contributed by atoms with Gasteiger partial charge in [-0.1, -0.05) is 0 Å². The van der Waals surface area contributed by atoms with E-state index in [4.69, 9.17) is 23.2 Å². The van der Waals surface area contributed by atoms with Crippen molar-refractivity contribution >= 4 is 51.6 Å². The highest BCUT2D eigenvalue weighted by atomic mass is 35.5. The number of carbonyl (C=O) groups excluding carboxylic acids is 2. The molecule has 0 bridgehead atoms. The summed E-state index contributed by atoms with van der Waals surface area (Å²) < 4.78 is 27.7. The summed E-state index contributed by atoms with van der Waals surface area (Å²) in [7, 11) is -1.06. The zero-order valence-corrected chi connectivity index (χ0v) is 22.9. The van der Waals surface area contributed by atoms with E-state index in [1.165, 1.54) is 29.1 Å². The minimum atomic E-state index is -1.06. The monoisotopic (exact) mass is 571 g/mol. The normalized spacial score (nSPS) is 12.9. The van der Waals surface area contributed by atoms with Crippen molar-refractivity contribution in [2.45, 2.75) is 50.5 Å². The Bertz CT molecular complexity index is 1260. The van der Waals surface area contributed by atoms with Gasteiger partial charge in [0.05, 0.1) is 12.2 Å².